The van der Waals surface area contributed by atoms with Gasteiger partial charge in [0.15, 0.2) is 0 Å². The van der Waals surface area contributed by atoms with Crippen molar-refractivity contribution in [1.29, 1.82) is 0 Å². The topological polar surface area (TPSA) is 50.8 Å². The summed E-state index contributed by atoms with van der Waals surface area (Å²) in [6.07, 6.45) is 4.76. The molecule has 0 amide bonds. The summed E-state index contributed by atoms with van der Waals surface area (Å²) in [5.41, 5.74) is 7.40. The maximum Gasteiger partial charge on any atom is 0.146 e. The van der Waals surface area contributed by atoms with Gasteiger partial charge in [0.25, 0.3) is 0 Å². The number of ether oxygens (including phenoxy) is 1. The van der Waals surface area contributed by atoms with Crippen LogP contribution >= 0.6 is 0 Å². The number of fused-ring (bicyclic) bond motifs is 1. The van der Waals surface area contributed by atoms with Crippen molar-refractivity contribution in [2.45, 2.75) is 39.5 Å². The van der Waals surface area contributed by atoms with Gasteiger partial charge in [-0.3, -0.25) is 0 Å². The molecule has 1 aliphatic rings. The lowest BCUT2D eigenvalue weighted by Crippen LogP contribution is -2.37. The van der Waals surface area contributed by atoms with E-state index in [2.05, 4.69) is 18.7 Å². The second-order valence-corrected chi connectivity index (χ2v) is 5.24. The van der Waals surface area contributed by atoms with Crippen molar-refractivity contribution in [3.05, 3.63) is 18.2 Å². The zero-order chi connectivity index (χ0) is 14.4. The van der Waals surface area contributed by atoms with Gasteiger partial charge in [-0.25, -0.2) is 4.99 Å². The number of unbranched alkanes of at least 4 members (excludes halogenated alkanes) is 2. The smallest absolute Gasteiger partial charge is 0.146 e. The molecule has 4 heteroatoms. The van der Waals surface area contributed by atoms with E-state index in [1.807, 2.05) is 18.2 Å². The van der Waals surface area contributed by atoms with Crippen molar-refractivity contribution in [2.75, 3.05) is 25.4 Å². The van der Waals surface area contributed by atoms with Crippen LogP contribution in [0.3, 0.4) is 0 Å². The third-order valence-electron chi connectivity index (χ3n) is 3.52. The molecule has 4 nitrogen and oxygen atoms in total. The third-order valence-corrected chi connectivity index (χ3v) is 3.52. The van der Waals surface area contributed by atoms with Gasteiger partial charge in [-0.15, -0.1) is 0 Å². The van der Waals surface area contributed by atoms with Crippen LogP contribution in [-0.4, -0.2) is 30.4 Å². The second-order valence-electron chi connectivity index (χ2n) is 5.24. The third kappa shape index (κ3) is 3.65. The molecule has 0 aliphatic carbocycles. The summed E-state index contributed by atoms with van der Waals surface area (Å²) >= 11 is 0. The first-order valence-corrected chi connectivity index (χ1v) is 7.59. The van der Waals surface area contributed by atoms with Gasteiger partial charge in [-0.1, -0.05) is 26.7 Å². The van der Waals surface area contributed by atoms with E-state index in [0.717, 1.165) is 36.0 Å². The van der Waals surface area contributed by atoms with Gasteiger partial charge in [0.1, 0.15) is 23.9 Å². The van der Waals surface area contributed by atoms with Crippen molar-refractivity contribution < 1.29 is 4.74 Å². The van der Waals surface area contributed by atoms with Crippen LogP contribution in [-0.2, 0) is 0 Å². The highest BCUT2D eigenvalue weighted by molar-refractivity contribution is 5.89. The number of amidine groups is 1. The van der Waals surface area contributed by atoms with Crippen LogP contribution in [0.5, 0.6) is 5.75 Å². The van der Waals surface area contributed by atoms with Gasteiger partial charge in [-0.05, 0) is 31.0 Å². The van der Waals surface area contributed by atoms with Crippen LogP contribution in [0, 0.1) is 0 Å². The Morgan fingerprint density at radius 1 is 1.20 bits per heavy atom. The van der Waals surface area contributed by atoms with E-state index >= 15 is 0 Å². The Kier molecular flexibility index (Phi) is 5.27. The molecule has 0 bridgehead atoms. The predicted molar refractivity (Wildman–Crippen MR) is 84.8 cm³/mol. The molecule has 1 aromatic carbocycles. The number of nitrogens with two attached hydrogens (primary N) is 1. The Bertz CT molecular complexity index is 463. The molecule has 0 aromatic heterocycles. The molecule has 20 heavy (non-hydrogen) atoms. The summed E-state index contributed by atoms with van der Waals surface area (Å²) in [6.45, 7) is 7.09. The van der Waals surface area contributed by atoms with Crippen LogP contribution in [0.15, 0.2) is 23.2 Å². The molecule has 1 aliphatic heterocycles. The number of anilines is 1. The van der Waals surface area contributed by atoms with Gasteiger partial charge >= 0.3 is 0 Å². The maximum atomic E-state index is 5.83. The number of benzene rings is 1. The molecule has 0 saturated carbocycles. The maximum absolute atomic E-state index is 5.83. The monoisotopic (exact) mass is 275 g/mol. The summed E-state index contributed by atoms with van der Waals surface area (Å²) in [7, 11) is 0. The van der Waals surface area contributed by atoms with Gasteiger partial charge in [-0.2, -0.15) is 0 Å². The van der Waals surface area contributed by atoms with Crippen LogP contribution in [0.2, 0.25) is 0 Å². The fourth-order valence-electron chi connectivity index (χ4n) is 2.29. The highest BCUT2D eigenvalue weighted by atomic mass is 16.5. The summed E-state index contributed by atoms with van der Waals surface area (Å²) < 4.78 is 5.80. The fourth-order valence-corrected chi connectivity index (χ4v) is 2.29. The summed E-state index contributed by atoms with van der Waals surface area (Å²) in [5, 5.41) is 0. The van der Waals surface area contributed by atoms with E-state index in [9.17, 15) is 0 Å². The standard InChI is InChI=1S/C16H25N3O/c1-3-5-9-19(10-6-4-2)16-12-20-15-8-7-13(17)11-14(15)18-16/h7-8,11H,3-6,9-10,12,17H2,1-2H3. The number of hydrogen-bond acceptors (Lipinski definition) is 4. The van der Waals surface area contributed by atoms with Crippen molar-refractivity contribution in [3.8, 4) is 5.75 Å². The molecule has 0 saturated heterocycles. The Hall–Kier alpha value is -1.71. The van der Waals surface area contributed by atoms with Crippen LogP contribution in [0.25, 0.3) is 0 Å². The van der Waals surface area contributed by atoms with Crippen molar-refractivity contribution in [2.24, 2.45) is 4.99 Å². The lowest BCUT2D eigenvalue weighted by atomic mass is 10.2. The minimum absolute atomic E-state index is 0.560. The molecule has 0 radical (unpaired) electrons. The van der Waals surface area contributed by atoms with E-state index in [1.54, 1.807) is 0 Å². The average Bonchev–Trinajstić information content (AvgIpc) is 2.46. The molecule has 0 spiro atoms. The first-order valence-electron chi connectivity index (χ1n) is 7.59. The lowest BCUT2D eigenvalue weighted by Gasteiger charge is -2.28. The number of nitrogens with zero attached hydrogens (tertiary/aromatic N) is 2. The van der Waals surface area contributed by atoms with E-state index in [1.165, 1.54) is 25.7 Å². The summed E-state index contributed by atoms with van der Waals surface area (Å²) in [5.74, 6) is 1.86. The predicted octanol–water partition coefficient (Wildman–Crippen LogP) is 3.59. The zero-order valence-corrected chi connectivity index (χ0v) is 12.6. The van der Waals surface area contributed by atoms with E-state index in [0.29, 0.717) is 6.61 Å². The first kappa shape index (κ1) is 14.7. The number of hydrogen-bond donors (Lipinski definition) is 1. The fraction of sp³-hybridized carbons (Fsp3) is 0.562. The summed E-state index contributed by atoms with van der Waals surface area (Å²) in [6, 6.07) is 5.63. The average molecular weight is 275 g/mol. The largest absolute Gasteiger partial charge is 0.483 e. The van der Waals surface area contributed by atoms with Crippen molar-refractivity contribution in [3.63, 3.8) is 0 Å². The molecular formula is C16H25N3O. The normalized spacial score (nSPS) is 13.4. The molecule has 0 fully saturated rings. The van der Waals surface area contributed by atoms with Crippen LogP contribution in [0.4, 0.5) is 11.4 Å². The van der Waals surface area contributed by atoms with Gasteiger partial charge < -0.3 is 15.4 Å². The summed E-state index contributed by atoms with van der Waals surface area (Å²) in [4.78, 5) is 7.11. The zero-order valence-electron chi connectivity index (χ0n) is 12.6. The molecule has 2 N–H and O–H groups in total. The highest BCUT2D eigenvalue weighted by Gasteiger charge is 2.18. The SMILES string of the molecule is CCCCN(CCCC)C1=Nc2cc(N)ccc2OC1. The van der Waals surface area contributed by atoms with Crippen LogP contribution < -0.4 is 10.5 Å². The Morgan fingerprint density at radius 2 is 1.90 bits per heavy atom. The quantitative estimate of drug-likeness (QED) is 0.807. The molecule has 0 atom stereocenters. The molecule has 2 rings (SSSR count). The van der Waals surface area contributed by atoms with Crippen molar-refractivity contribution >= 4 is 17.2 Å². The minimum atomic E-state index is 0.560. The highest BCUT2D eigenvalue weighted by Crippen LogP contribution is 2.32. The number of nitrogen functional groups attached to an aromatic ring is 1. The Labute approximate surface area is 121 Å². The van der Waals surface area contributed by atoms with Gasteiger partial charge in [0.05, 0.1) is 0 Å². The lowest BCUT2D eigenvalue weighted by molar-refractivity contribution is 0.322. The Morgan fingerprint density at radius 3 is 2.55 bits per heavy atom. The molecular weight excluding hydrogens is 250 g/mol. The molecule has 110 valence electrons. The number of rotatable bonds is 6. The van der Waals surface area contributed by atoms with Gasteiger partial charge in [0, 0.05) is 18.8 Å². The Balaban J connectivity index is 2.16. The van der Waals surface area contributed by atoms with Crippen LogP contribution in [0.1, 0.15) is 39.5 Å². The minimum Gasteiger partial charge on any atom is -0.483 e. The number of aliphatic imine (C=N–C) groups is 1. The van der Waals surface area contributed by atoms with E-state index in [4.69, 9.17) is 15.5 Å². The van der Waals surface area contributed by atoms with Gasteiger partial charge in [0.2, 0.25) is 0 Å². The molecule has 1 heterocycles. The van der Waals surface area contributed by atoms with Crippen molar-refractivity contribution in [1.82, 2.24) is 4.90 Å². The first-order chi connectivity index (χ1) is 9.74. The molecule has 1 aromatic rings. The van der Waals surface area contributed by atoms with E-state index < -0.39 is 0 Å². The molecule has 0 unspecified atom stereocenters. The second kappa shape index (κ2) is 7.17. The van der Waals surface area contributed by atoms with E-state index in [-0.39, 0.29) is 0 Å².